The molecule has 0 unspecified atom stereocenters. The van der Waals surface area contributed by atoms with Crippen LogP contribution < -0.4 is 10.1 Å². The predicted molar refractivity (Wildman–Crippen MR) is 108 cm³/mol. The molecule has 0 atom stereocenters. The molecule has 1 amide bonds. The molecule has 0 fully saturated rings. The molecule has 26 heavy (non-hydrogen) atoms. The number of hydrogen-bond donors (Lipinski definition) is 1. The number of ether oxygens (including phenoxy) is 1. The van der Waals surface area contributed by atoms with Crippen molar-refractivity contribution in [3.63, 3.8) is 0 Å². The van der Waals surface area contributed by atoms with Gasteiger partial charge in [-0.15, -0.1) is 0 Å². The number of para-hydroxylation sites is 2. The molecule has 0 saturated heterocycles. The topological polar surface area (TPSA) is 41.6 Å². The molecule has 0 aliphatic heterocycles. The van der Waals surface area contributed by atoms with Crippen molar-refractivity contribution in [1.82, 2.24) is 4.90 Å². The molecule has 4 heteroatoms. The van der Waals surface area contributed by atoms with Crippen LogP contribution in [0.3, 0.4) is 0 Å². The molecule has 0 bridgehead atoms. The molecule has 0 aliphatic carbocycles. The van der Waals surface area contributed by atoms with Crippen LogP contribution in [0.2, 0.25) is 0 Å². The second-order valence-electron chi connectivity index (χ2n) is 6.72. The van der Waals surface area contributed by atoms with E-state index >= 15 is 0 Å². The number of aryl methyl sites for hydroxylation is 3. The van der Waals surface area contributed by atoms with E-state index in [4.69, 9.17) is 4.74 Å². The number of anilines is 1. The molecule has 1 N–H and O–H groups in total. The normalized spacial score (nSPS) is 10.8. The lowest BCUT2D eigenvalue weighted by atomic mass is 10.1. The van der Waals surface area contributed by atoms with Crippen molar-refractivity contribution >= 4 is 11.6 Å². The summed E-state index contributed by atoms with van der Waals surface area (Å²) >= 11 is 0. The van der Waals surface area contributed by atoms with Crippen molar-refractivity contribution < 1.29 is 9.53 Å². The highest BCUT2D eigenvalue weighted by molar-refractivity contribution is 5.93. The van der Waals surface area contributed by atoms with Crippen molar-refractivity contribution in [1.29, 1.82) is 0 Å². The molecule has 0 aromatic heterocycles. The minimum Gasteiger partial charge on any atom is -0.493 e. The zero-order chi connectivity index (χ0) is 18.9. The number of rotatable bonds is 9. The van der Waals surface area contributed by atoms with E-state index in [9.17, 15) is 4.79 Å². The number of nitrogens with zero attached hydrogens (tertiary/aromatic N) is 1. The molecule has 0 spiro atoms. The Kier molecular flexibility index (Phi) is 7.67. The Morgan fingerprint density at radius 1 is 1.08 bits per heavy atom. The fraction of sp³-hybridized carbons (Fsp3) is 0.409. The van der Waals surface area contributed by atoms with Gasteiger partial charge in [0.25, 0.3) is 0 Å². The average molecular weight is 354 g/mol. The molecule has 140 valence electrons. The van der Waals surface area contributed by atoms with Gasteiger partial charge in [-0.05, 0) is 56.5 Å². The number of benzene rings is 2. The lowest BCUT2D eigenvalue weighted by molar-refractivity contribution is -0.117. The van der Waals surface area contributed by atoms with Crippen LogP contribution in [-0.2, 0) is 11.2 Å². The predicted octanol–water partition coefficient (Wildman–Crippen LogP) is 4.21. The minimum atomic E-state index is 0.0244. The van der Waals surface area contributed by atoms with E-state index in [0.29, 0.717) is 13.2 Å². The van der Waals surface area contributed by atoms with Gasteiger partial charge in [-0.2, -0.15) is 0 Å². The van der Waals surface area contributed by atoms with Gasteiger partial charge in [0.05, 0.1) is 13.2 Å². The Bertz CT molecular complexity index is 728. The quantitative estimate of drug-likeness (QED) is 0.686. The van der Waals surface area contributed by atoms with E-state index in [-0.39, 0.29) is 5.91 Å². The fourth-order valence-electron chi connectivity index (χ4n) is 2.94. The summed E-state index contributed by atoms with van der Waals surface area (Å²) in [6.07, 6.45) is 1.78. The number of likely N-dealkylation sites (N-methyl/N-ethyl adjacent to an activating group) is 1. The third-order valence-electron chi connectivity index (χ3n) is 4.45. The summed E-state index contributed by atoms with van der Waals surface area (Å²) in [6, 6.07) is 14.1. The smallest absolute Gasteiger partial charge is 0.238 e. The number of carbonyl (C=O) groups is 1. The number of nitrogens with one attached hydrogen (secondary N) is 1. The Morgan fingerprint density at radius 3 is 2.54 bits per heavy atom. The molecule has 0 aliphatic rings. The van der Waals surface area contributed by atoms with Gasteiger partial charge >= 0.3 is 0 Å². The molecule has 2 aromatic carbocycles. The Balaban J connectivity index is 1.75. The number of carbonyl (C=O) groups excluding carboxylic acids is 1. The van der Waals surface area contributed by atoms with Gasteiger partial charge in [0.1, 0.15) is 5.75 Å². The lowest BCUT2D eigenvalue weighted by Crippen LogP contribution is -2.32. The molecule has 0 heterocycles. The SMILES string of the molecule is CCc1cccc(C)c1NC(=O)CN(C)CCCOc1ccccc1C. The van der Waals surface area contributed by atoms with Gasteiger partial charge in [0, 0.05) is 12.2 Å². The van der Waals surface area contributed by atoms with Crippen LogP contribution in [0.1, 0.15) is 30.0 Å². The van der Waals surface area contributed by atoms with Gasteiger partial charge in [-0.1, -0.05) is 43.3 Å². The second-order valence-corrected chi connectivity index (χ2v) is 6.72. The summed E-state index contributed by atoms with van der Waals surface area (Å²) in [5.74, 6) is 0.955. The van der Waals surface area contributed by atoms with Crippen LogP contribution in [0.25, 0.3) is 0 Å². The lowest BCUT2D eigenvalue weighted by Gasteiger charge is -2.18. The summed E-state index contributed by atoms with van der Waals surface area (Å²) in [5.41, 5.74) is 4.38. The van der Waals surface area contributed by atoms with Crippen LogP contribution in [0.15, 0.2) is 42.5 Å². The van der Waals surface area contributed by atoms with E-state index in [0.717, 1.165) is 42.0 Å². The maximum Gasteiger partial charge on any atom is 0.238 e. The van der Waals surface area contributed by atoms with Crippen LogP contribution in [0.4, 0.5) is 5.69 Å². The Labute approximate surface area is 157 Å². The maximum atomic E-state index is 12.4. The third-order valence-corrected chi connectivity index (χ3v) is 4.45. The Morgan fingerprint density at radius 2 is 1.81 bits per heavy atom. The fourth-order valence-corrected chi connectivity index (χ4v) is 2.94. The highest BCUT2D eigenvalue weighted by Crippen LogP contribution is 2.21. The first-order valence-corrected chi connectivity index (χ1v) is 9.26. The second kappa shape index (κ2) is 9.97. The maximum absolute atomic E-state index is 12.4. The molecule has 2 rings (SSSR count). The van der Waals surface area contributed by atoms with Crippen molar-refractivity contribution in [2.24, 2.45) is 0 Å². The van der Waals surface area contributed by atoms with Crippen LogP contribution in [0.5, 0.6) is 5.75 Å². The minimum absolute atomic E-state index is 0.0244. The third kappa shape index (κ3) is 5.88. The van der Waals surface area contributed by atoms with Crippen molar-refractivity contribution in [3.8, 4) is 5.75 Å². The van der Waals surface area contributed by atoms with Crippen molar-refractivity contribution in [3.05, 3.63) is 59.2 Å². The van der Waals surface area contributed by atoms with Crippen LogP contribution >= 0.6 is 0 Å². The van der Waals surface area contributed by atoms with Crippen LogP contribution in [-0.4, -0.2) is 37.6 Å². The molecular weight excluding hydrogens is 324 g/mol. The zero-order valence-electron chi connectivity index (χ0n) is 16.3. The van der Waals surface area contributed by atoms with E-state index in [1.165, 1.54) is 5.56 Å². The van der Waals surface area contributed by atoms with Crippen molar-refractivity contribution in [2.75, 3.05) is 32.1 Å². The van der Waals surface area contributed by atoms with E-state index in [1.807, 2.05) is 62.2 Å². The summed E-state index contributed by atoms with van der Waals surface area (Å²) in [7, 11) is 1.96. The number of hydrogen-bond acceptors (Lipinski definition) is 3. The van der Waals surface area contributed by atoms with Gasteiger partial charge in [-0.3, -0.25) is 9.69 Å². The summed E-state index contributed by atoms with van der Waals surface area (Å²) in [4.78, 5) is 14.4. The molecule has 0 saturated carbocycles. The molecule has 0 radical (unpaired) electrons. The first-order valence-electron chi connectivity index (χ1n) is 9.26. The Hall–Kier alpha value is -2.33. The highest BCUT2D eigenvalue weighted by atomic mass is 16.5. The molecule has 4 nitrogen and oxygen atoms in total. The molecular formula is C22H30N2O2. The van der Waals surface area contributed by atoms with E-state index < -0.39 is 0 Å². The van der Waals surface area contributed by atoms with Gasteiger partial charge in [0.15, 0.2) is 0 Å². The first-order chi connectivity index (χ1) is 12.5. The summed E-state index contributed by atoms with van der Waals surface area (Å²) in [5, 5.41) is 3.07. The highest BCUT2D eigenvalue weighted by Gasteiger charge is 2.11. The van der Waals surface area contributed by atoms with Crippen molar-refractivity contribution in [2.45, 2.75) is 33.6 Å². The first kappa shape index (κ1) is 20.0. The van der Waals surface area contributed by atoms with E-state index in [1.54, 1.807) is 0 Å². The van der Waals surface area contributed by atoms with E-state index in [2.05, 4.69) is 18.3 Å². The average Bonchev–Trinajstić information content (AvgIpc) is 2.61. The standard InChI is InChI=1S/C22H30N2O2/c1-5-19-12-8-11-18(3)22(19)23-21(25)16-24(4)14-9-15-26-20-13-7-6-10-17(20)2/h6-8,10-13H,5,9,14-16H2,1-4H3,(H,23,25). The number of amides is 1. The van der Waals surface area contributed by atoms with Gasteiger partial charge in [-0.25, -0.2) is 0 Å². The summed E-state index contributed by atoms with van der Waals surface area (Å²) < 4.78 is 5.81. The van der Waals surface area contributed by atoms with Gasteiger partial charge < -0.3 is 10.1 Å². The summed E-state index contributed by atoms with van der Waals surface area (Å²) in [6.45, 7) is 8.01. The largest absolute Gasteiger partial charge is 0.493 e. The zero-order valence-corrected chi connectivity index (χ0v) is 16.3. The molecule has 2 aromatic rings. The monoisotopic (exact) mass is 354 g/mol. The van der Waals surface area contributed by atoms with Gasteiger partial charge in [0.2, 0.25) is 5.91 Å². The van der Waals surface area contributed by atoms with Crippen LogP contribution in [0, 0.1) is 13.8 Å².